The average Bonchev–Trinajstić information content (AvgIpc) is 3.01. The summed E-state index contributed by atoms with van der Waals surface area (Å²) in [5.74, 6) is 0.0439. The molecule has 3 rings (SSSR count). The molecular weight excluding hydrogens is 254 g/mol. The van der Waals surface area contributed by atoms with Gasteiger partial charge in [-0.25, -0.2) is 0 Å². The van der Waals surface area contributed by atoms with Crippen LogP contribution in [0.15, 0.2) is 24.4 Å². The van der Waals surface area contributed by atoms with Crippen LogP contribution in [0.4, 0.5) is 0 Å². The van der Waals surface area contributed by atoms with Gasteiger partial charge in [-0.2, -0.15) is 0 Å². The molecule has 0 unspecified atom stereocenters. The molecule has 20 heavy (non-hydrogen) atoms. The number of hydrogen-bond donors (Lipinski definition) is 0. The first-order valence-corrected chi connectivity index (χ1v) is 7.37. The van der Waals surface area contributed by atoms with Crippen LogP contribution in [0.1, 0.15) is 23.3 Å². The highest BCUT2D eigenvalue weighted by molar-refractivity contribution is 5.92. The van der Waals surface area contributed by atoms with Crippen LogP contribution >= 0.6 is 0 Å². The van der Waals surface area contributed by atoms with E-state index in [1.807, 2.05) is 17.0 Å². The Balaban J connectivity index is 1.49. The standard InChI is InChI=1S/C15H21N3O2/c19-15(14-5-1-2-6-16-14)18-9-7-17(8-10-18)12-13-4-3-11-20-13/h1-2,5-6,13H,3-4,7-12H2/t13-/m0/s1. The van der Waals surface area contributed by atoms with Crippen LogP contribution in [0.3, 0.4) is 0 Å². The summed E-state index contributed by atoms with van der Waals surface area (Å²) in [4.78, 5) is 20.7. The van der Waals surface area contributed by atoms with Crippen molar-refractivity contribution in [2.75, 3.05) is 39.3 Å². The topological polar surface area (TPSA) is 45.7 Å². The highest BCUT2D eigenvalue weighted by Gasteiger charge is 2.25. The van der Waals surface area contributed by atoms with Crippen molar-refractivity contribution in [3.63, 3.8) is 0 Å². The Morgan fingerprint density at radius 1 is 1.30 bits per heavy atom. The Morgan fingerprint density at radius 3 is 2.80 bits per heavy atom. The Bertz CT molecular complexity index is 438. The lowest BCUT2D eigenvalue weighted by atomic mass is 10.2. The van der Waals surface area contributed by atoms with Gasteiger partial charge in [0, 0.05) is 45.5 Å². The fourth-order valence-corrected chi connectivity index (χ4v) is 2.86. The molecule has 0 aliphatic carbocycles. The van der Waals surface area contributed by atoms with Gasteiger partial charge < -0.3 is 9.64 Å². The minimum absolute atomic E-state index is 0.0439. The normalized spacial score (nSPS) is 24.0. The van der Waals surface area contributed by atoms with Crippen molar-refractivity contribution in [3.05, 3.63) is 30.1 Å². The monoisotopic (exact) mass is 275 g/mol. The van der Waals surface area contributed by atoms with Crippen LogP contribution in [0.5, 0.6) is 0 Å². The molecule has 5 nitrogen and oxygen atoms in total. The number of carbonyl (C=O) groups excluding carboxylic acids is 1. The third-order valence-electron chi connectivity index (χ3n) is 4.03. The molecule has 1 aromatic rings. The molecule has 1 amide bonds. The lowest BCUT2D eigenvalue weighted by molar-refractivity contribution is 0.0430. The predicted molar refractivity (Wildman–Crippen MR) is 75.6 cm³/mol. The van der Waals surface area contributed by atoms with E-state index in [9.17, 15) is 4.79 Å². The third kappa shape index (κ3) is 3.16. The van der Waals surface area contributed by atoms with Gasteiger partial charge in [-0.3, -0.25) is 14.7 Å². The number of piperazine rings is 1. The summed E-state index contributed by atoms with van der Waals surface area (Å²) in [6.07, 6.45) is 4.42. The quantitative estimate of drug-likeness (QED) is 0.826. The van der Waals surface area contributed by atoms with Crippen LogP contribution in [-0.2, 0) is 4.74 Å². The van der Waals surface area contributed by atoms with E-state index in [0.29, 0.717) is 11.8 Å². The number of carbonyl (C=O) groups is 1. The molecule has 0 bridgehead atoms. The molecule has 2 fully saturated rings. The van der Waals surface area contributed by atoms with Gasteiger partial charge in [0.05, 0.1) is 6.10 Å². The SMILES string of the molecule is O=C(c1ccccn1)N1CCN(C[C@@H]2CCCO2)CC1. The average molecular weight is 275 g/mol. The minimum atomic E-state index is 0.0439. The van der Waals surface area contributed by atoms with Gasteiger partial charge in [-0.1, -0.05) is 6.07 Å². The predicted octanol–water partition coefficient (Wildman–Crippen LogP) is 1.02. The van der Waals surface area contributed by atoms with Gasteiger partial charge in [-0.05, 0) is 25.0 Å². The van der Waals surface area contributed by atoms with E-state index >= 15 is 0 Å². The summed E-state index contributed by atoms with van der Waals surface area (Å²) in [6, 6.07) is 5.46. The van der Waals surface area contributed by atoms with Crippen LogP contribution in [0.2, 0.25) is 0 Å². The fourth-order valence-electron chi connectivity index (χ4n) is 2.86. The summed E-state index contributed by atoms with van der Waals surface area (Å²) >= 11 is 0. The van der Waals surface area contributed by atoms with Crippen LogP contribution < -0.4 is 0 Å². The molecule has 2 aliphatic heterocycles. The summed E-state index contributed by atoms with van der Waals surface area (Å²) in [5.41, 5.74) is 0.542. The van der Waals surface area contributed by atoms with Gasteiger partial charge in [-0.15, -0.1) is 0 Å². The van der Waals surface area contributed by atoms with E-state index in [4.69, 9.17) is 4.74 Å². The minimum Gasteiger partial charge on any atom is -0.377 e. The van der Waals surface area contributed by atoms with Gasteiger partial charge >= 0.3 is 0 Å². The van der Waals surface area contributed by atoms with Crippen LogP contribution in [-0.4, -0.2) is 66.1 Å². The van der Waals surface area contributed by atoms with E-state index in [0.717, 1.165) is 39.3 Å². The van der Waals surface area contributed by atoms with E-state index in [-0.39, 0.29) is 5.91 Å². The van der Waals surface area contributed by atoms with Crippen molar-refractivity contribution in [2.24, 2.45) is 0 Å². The van der Waals surface area contributed by atoms with E-state index < -0.39 is 0 Å². The number of pyridine rings is 1. The molecule has 3 heterocycles. The highest BCUT2D eigenvalue weighted by Crippen LogP contribution is 2.15. The zero-order chi connectivity index (χ0) is 13.8. The molecule has 5 heteroatoms. The number of hydrogen-bond acceptors (Lipinski definition) is 4. The van der Waals surface area contributed by atoms with Gasteiger partial charge in [0.15, 0.2) is 0 Å². The molecule has 2 saturated heterocycles. The van der Waals surface area contributed by atoms with Crippen molar-refractivity contribution < 1.29 is 9.53 Å². The van der Waals surface area contributed by atoms with Crippen molar-refractivity contribution in [2.45, 2.75) is 18.9 Å². The number of rotatable bonds is 3. The molecule has 0 saturated carbocycles. The van der Waals surface area contributed by atoms with Gasteiger partial charge in [0.2, 0.25) is 0 Å². The molecule has 1 atom stereocenters. The molecule has 1 aromatic heterocycles. The van der Waals surface area contributed by atoms with E-state index in [2.05, 4.69) is 9.88 Å². The summed E-state index contributed by atoms with van der Waals surface area (Å²) in [5, 5.41) is 0. The first-order chi connectivity index (χ1) is 9.83. The maximum Gasteiger partial charge on any atom is 0.272 e. The Morgan fingerprint density at radius 2 is 2.15 bits per heavy atom. The second kappa shape index (κ2) is 6.33. The largest absolute Gasteiger partial charge is 0.377 e. The maximum atomic E-state index is 12.3. The first kappa shape index (κ1) is 13.5. The second-order valence-electron chi connectivity index (χ2n) is 5.44. The highest BCUT2D eigenvalue weighted by atomic mass is 16.5. The maximum absolute atomic E-state index is 12.3. The van der Waals surface area contributed by atoms with Crippen molar-refractivity contribution in [1.82, 2.24) is 14.8 Å². The zero-order valence-corrected chi connectivity index (χ0v) is 11.7. The number of aromatic nitrogens is 1. The Labute approximate surface area is 119 Å². The first-order valence-electron chi connectivity index (χ1n) is 7.37. The molecule has 0 radical (unpaired) electrons. The van der Waals surface area contributed by atoms with Crippen molar-refractivity contribution in [1.29, 1.82) is 0 Å². The third-order valence-corrected chi connectivity index (χ3v) is 4.03. The van der Waals surface area contributed by atoms with Gasteiger partial charge in [0.25, 0.3) is 5.91 Å². The van der Waals surface area contributed by atoms with Crippen molar-refractivity contribution >= 4 is 5.91 Å². The number of amides is 1. The molecule has 0 spiro atoms. The molecule has 2 aliphatic rings. The Hall–Kier alpha value is -1.46. The number of nitrogens with zero attached hydrogens (tertiary/aromatic N) is 3. The summed E-state index contributed by atoms with van der Waals surface area (Å²) < 4.78 is 5.67. The molecule has 108 valence electrons. The second-order valence-corrected chi connectivity index (χ2v) is 5.44. The van der Waals surface area contributed by atoms with Crippen LogP contribution in [0.25, 0.3) is 0 Å². The summed E-state index contributed by atoms with van der Waals surface area (Å²) in [6.45, 7) is 5.33. The van der Waals surface area contributed by atoms with Crippen LogP contribution in [0, 0.1) is 0 Å². The molecule has 0 N–H and O–H groups in total. The summed E-state index contributed by atoms with van der Waals surface area (Å²) in [7, 11) is 0. The molecule has 0 aromatic carbocycles. The smallest absolute Gasteiger partial charge is 0.272 e. The lowest BCUT2D eigenvalue weighted by Crippen LogP contribution is -2.50. The van der Waals surface area contributed by atoms with Gasteiger partial charge in [0.1, 0.15) is 5.69 Å². The molecular formula is C15H21N3O2. The van der Waals surface area contributed by atoms with Crippen molar-refractivity contribution in [3.8, 4) is 0 Å². The van der Waals surface area contributed by atoms with E-state index in [1.165, 1.54) is 12.8 Å². The Kier molecular flexibility index (Phi) is 4.28. The number of ether oxygens (including phenoxy) is 1. The lowest BCUT2D eigenvalue weighted by Gasteiger charge is -2.35. The fraction of sp³-hybridized carbons (Fsp3) is 0.600. The zero-order valence-electron chi connectivity index (χ0n) is 11.7. The van der Waals surface area contributed by atoms with E-state index in [1.54, 1.807) is 12.3 Å².